The highest BCUT2D eigenvalue weighted by atomic mass is 31.1. The highest BCUT2D eigenvalue weighted by Crippen LogP contribution is 2.30. The van der Waals surface area contributed by atoms with Crippen molar-refractivity contribution < 1.29 is 23.1 Å². The van der Waals surface area contributed by atoms with Crippen molar-refractivity contribution in [3.8, 4) is 11.5 Å². The normalized spacial score (nSPS) is 11.4. The van der Waals surface area contributed by atoms with Crippen LogP contribution >= 0.6 is 8.25 Å². The van der Waals surface area contributed by atoms with Crippen LogP contribution in [0.25, 0.3) is 0 Å². The molecular formula is C24H26O5P+. The number of rotatable bonds is 11. The Morgan fingerprint density at radius 1 is 0.700 bits per heavy atom. The van der Waals surface area contributed by atoms with Gasteiger partial charge >= 0.3 is 8.25 Å². The van der Waals surface area contributed by atoms with Gasteiger partial charge in [-0.25, -0.2) is 0 Å². The minimum absolute atomic E-state index is 0.131. The zero-order valence-electron chi connectivity index (χ0n) is 17.2. The van der Waals surface area contributed by atoms with Crippen LogP contribution in [0.3, 0.4) is 0 Å². The summed E-state index contributed by atoms with van der Waals surface area (Å²) in [5, 5.41) is 0. The Morgan fingerprint density at radius 2 is 1.20 bits per heavy atom. The predicted molar refractivity (Wildman–Crippen MR) is 117 cm³/mol. The molecule has 0 fully saturated rings. The highest BCUT2D eigenvalue weighted by molar-refractivity contribution is 7.33. The molecule has 3 aromatic carbocycles. The zero-order valence-corrected chi connectivity index (χ0v) is 18.1. The summed E-state index contributed by atoms with van der Waals surface area (Å²) in [4.78, 5) is 0. The van der Waals surface area contributed by atoms with Crippen molar-refractivity contribution in [3.63, 3.8) is 0 Å². The molecule has 0 heterocycles. The van der Waals surface area contributed by atoms with Gasteiger partial charge in [-0.15, -0.1) is 9.05 Å². The van der Waals surface area contributed by atoms with Gasteiger partial charge in [-0.1, -0.05) is 60.7 Å². The van der Waals surface area contributed by atoms with E-state index in [1.165, 1.54) is 0 Å². The first kappa shape index (κ1) is 22.0. The van der Waals surface area contributed by atoms with Crippen LogP contribution in [-0.2, 0) is 33.4 Å². The standard InChI is InChI=1S/C24H26O5P/c1-19(2)29-30(25)28-18-22-13-23(26-16-20-9-5-3-6-10-20)15-24(14-22)27-17-21-11-7-4-8-12-21/h3-15,19H,16-18H2,1-2H3/q+1. The second-order valence-electron chi connectivity index (χ2n) is 7.01. The van der Waals surface area contributed by atoms with Crippen molar-refractivity contribution in [3.05, 3.63) is 95.6 Å². The number of hydrogen-bond acceptors (Lipinski definition) is 5. The second kappa shape index (κ2) is 11.5. The zero-order chi connectivity index (χ0) is 21.2. The molecule has 0 aliphatic heterocycles. The largest absolute Gasteiger partial charge is 0.697 e. The first-order valence-electron chi connectivity index (χ1n) is 9.83. The van der Waals surface area contributed by atoms with E-state index in [-0.39, 0.29) is 12.7 Å². The average molecular weight is 425 g/mol. The topological polar surface area (TPSA) is 54.0 Å². The Labute approximate surface area is 178 Å². The van der Waals surface area contributed by atoms with Crippen LogP contribution in [0, 0.1) is 0 Å². The molecule has 5 nitrogen and oxygen atoms in total. The maximum atomic E-state index is 11.9. The lowest BCUT2D eigenvalue weighted by Crippen LogP contribution is -2.00. The molecule has 3 aromatic rings. The molecule has 0 N–H and O–H groups in total. The van der Waals surface area contributed by atoms with Crippen LogP contribution in [0.2, 0.25) is 0 Å². The number of ether oxygens (including phenoxy) is 2. The third kappa shape index (κ3) is 7.60. The fourth-order valence-electron chi connectivity index (χ4n) is 2.69. The van der Waals surface area contributed by atoms with E-state index in [0.717, 1.165) is 16.7 Å². The first-order chi connectivity index (χ1) is 14.6. The molecule has 0 aromatic heterocycles. The molecule has 0 amide bonds. The molecule has 3 rings (SSSR count). The van der Waals surface area contributed by atoms with Crippen LogP contribution < -0.4 is 9.47 Å². The fourth-order valence-corrected chi connectivity index (χ4v) is 3.35. The maximum Gasteiger partial charge on any atom is 0.697 e. The van der Waals surface area contributed by atoms with Gasteiger partial charge in [-0.05, 0) is 42.7 Å². The molecule has 156 valence electrons. The van der Waals surface area contributed by atoms with Gasteiger partial charge in [0.15, 0.2) is 0 Å². The summed E-state index contributed by atoms with van der Waals surface area (Å²) < 4.78 is 34.3. The van der Waals surface area contributed by atoms with Gasteiger partial charge in [0.2, 0.25) is 0 Å². The molecule has 0 bridgehead atoms. The minimum Gasteiger partial charge on any atom is -0.489 e. The Morgan fingerprint density at radius 3 is 1.67 bits per heavy atom. The van der Waals surface area contributed by atoms with Gasteiger partial charge in [-0.3, -0.25) is 0 Å². The summed E-state index contributed by atoms with van der Waals surface area (Å²) in [6.45, 7) is 4.63. The minimum atomic E-state index is -2.18. The molecule has 1 atom stereocenters. The van der Waals surface area contributed by atoms with Crippen molar-refractivity contribution >= 4 is 8.25 Å². The van der Waals surface area contributed by atoms with E-state index in [9.17, 15) is 4.57 Å². The van der Waals surface area contributed by atoms with Crippen LogP contribution in [0.4, 0.5) is 0 Å². The summed E-state index contributed by atoms with van der Waals surface area (Å²) in [5.74, 6) is 1.31. The van der Waals surface area contributed by atoms with E-state index < -0.39 is 8.25 Å². The molecule has 30 heavy (non-hydrogen) atoms. The Hall–Kier alpha value is -2.72. The van der Waals surface area contributed by atoms with Crippen LogP contribution in [-0.4, -0.2) is 6.10 Å². The van der Waals surface area contributed by atoms with E-state index in [1.807, 2.05) is 92.7 Å². The van der Waals surface area contributed by atoms with E-state index in [0.29, 0.717) is 24.7 Å². The summed E-state index contributed by atoms with van der Waals surface area (Å²) in [6, 6.07) is 25.4. The van der Waals surface area contributed by atoms with Gasteiger partial charge in [0.25, 0.3) is 0 Å². The molecule has 6 heteroatoms. The molecule has 0 aliphatic rings. The van der Waals surface area contributed by atoms with Crippen molar-refractivity contribution in [2.45, 2.75) is 39.8 Å². The molecular weight excluding hydrogens is 399 g/mol. The Bertz CT molecular complexity index is 867. The maximum absolute atomic E-state index is 11.9. The van der Waals surface area contributed by atoms with Gasteiger partial charge in [0.05, 0.1) is 0 Å². The quantitative estimate of drug-likeness (QED) is 0.331. The number of benzene rings is 3. The lowest BCUT2D eigenvalue weighted by molar-refractivity contribution is 0.182. The third-order valence-electron chi connectivity index (χ3n) is 4.07. The van der Waals surface area contributed by atoms with E-state index >= 15 is 0 Å². The number of hydrogen-bond donors (Lipinski definition) is 0. The second-order valence-corrected chi connectivity index (χ2v) is 7.93. The SMILES string of the molecule is CC(C)O[P+](=O)OCc1cc(OCc2ccccc2)cc(OCc2ccccc2)c1. The lowest BCUT2D eigenvalue weighted by Gasteiger charge is -2.12. The van der Waals surface area contributed by atoms with Crippen molar-refractivity contribution in [1.29, 1.82) is 0 Å². The van der Waals surface area contributed by atoms with Crippen molar-refractivity contribution in [1.82, 2.24) is 0 Å². The van der Waals surface area contributed by atoms with Gasteiger partial charge in [-0.2, -0.15) is 0 Å². The Balaban J connectivity index is 1.70. The fraction of sp³-hybridized carbons (Fsp3) is 0.250. The van der Waals surface area contributed by atoms with E-state index in [4.69, 9.17) is 18.5 Å². The van der Waals surface area contributed by atoms with E-state index in [1.54, 1.807) is 0 Å². The summed E-state index contributed by atoms with van der Waals surface area (Å²) >= 11 is 0. The monoisotopic (exact) mass is 425 g/mol. The van der Waals surface area contributed by atoms with Gasteiger partial charge in [0.1, 0.15) is 37.4 Å². The average Bonchev–Trinajstić information content (AvgIpc) is 2.76. The first-order valence-corrected chi connectivity index (χ1v) is 10.9. The van der Waals surface area contributed by atoms with Crippen LogP contribution in [0.1, 0.15) is 30.5 Å². The van der Waals surface area contributed by atoms with E-state index in [2.05, 4.69) is 0 Å². The molecule has 0 aliphatic carbocycles. The summed E-state index contributed by atoms with van der Waals surface area (Å²) in [5.41, 5.74) is 2.93. The molecule has 1 unspecified atom stereocenters. The van der Waals surface area contributed by atoms with Crippen LogP contribution in [0.15, 0.2) is 78.9 Å². The van der Waals surface area contributed by atoms with Gasteiger partial charge in [0, 0.05) is 10.6 Å². The Kier molecular flexibility index (Phi) is 8.40. The smallest absolute Gasteiger partial charge is 0.489 e. The van der Waals surface area contributed by atoms with Crippen molar-refractivity contribution in [2.24, 2.45) is 0 Å². The van der Waals surface area contributed by atoms with Crippen molar-refractivity contribution in [2.75, 3.05) is 0 Å². The summed E-state index contributed by atoms with van der Waals surface area (Å²) in [7, 11) is -2.18. The molecule has 0 saturated carbocycles. The highest BCUT2D eigenvalue weighted by Gasteiger charge is 2.22. The predicted octanol–water partition coefficient (Wildman–Crippen LogP) is 6.44. The third-order valence-corrected chi connectivity index (χ3v) is 5.00. The lowest BCUT2D eigenvalue weighted by atomic mass is 10.2. The molecule has 0 spiro atoms. The van der Waals surface area contributed by atoms with Gasteiger partial charge < -0.3 is 9.47 Å². The van der Waals surface area contributed by atoms with Crippen LogP contribution in [0.5, 0.6) is 11.5 Å². The molecule has 0 saturated heterocycles. The summed E-state index contributed by atoms with van der Waals surface area (Å²) in [6.07, 6.45) is -0.168. The molecule has 0 radical (unpaired) electrons.